The lowest BCUT2D eigenvalue weighted by Gasteiger charge is -2.35. The Morgan fingerprint density at radius 3 is 2.52 bits per heavy atom. The molecule has 1 aromatic rings. The van der Waals surface area contributed by atoms with Gasteiger partial charge in [0.05, 0.1) is 0 Å². The van der Waals surface area contributed by atoms with Crippen LogP contribution in [-0.2, 0) is 22.4 Å². The van der Waals surface area contributed by atoms with Crippen LogP contribution in [0.4, 0.5) is 5.69 Å². The van der Waals surface area contributed by atoms with Gasteiger partial charge in [0.15, 0.2) is 0 Å². The SMILES string of the molecule is CC(C)C(=O)N1CCN(CCC(=O)Nc2ccc3c(c2)CCC3)CC1. The summed E-state index contributed by atoms with van der Waals surface area (Å²) in [5, 5.41) is 3.02. The fourth-order valence-corrected chi connectivity index (χ4v) is 3.69. The monoisotopic (exact) mass is 343 g/mol. The Bertz CT molecular complexity index is 634. The van der Waals surface area contributed by atoms with Crippen molar-refractivity contribution in [3.05, 3.63) is 29.3 Å². The van der Waals surface area contributed by atoms with Crippen LogP contribution in [0, 0.1) is 5.92 Å². The molecule has 1 saturated heterocycles. The van der Waals surface area contributed by atoms with Crippen LogP contribution in [0.3, 0.4) is 0 Å². The number of nitrogens with one attached hydrogen (secondary N) is 1. The van der Waals surface area contributed by atoms with Crippen LogP contribution >= 0.6 is 0 Å². The first-order valence-electron chi connectivity index (χ1n) is 9.46. The van der Waals surface area contributed by atoms with Crippen LogP contribution in [0.2, 0.25) is 0 Å². The molecule has 0 spiro atoms. The van der Waals surface area contributed by atoms with E-state index in [9.17, 15) is 9.59 Å². The van der Waals surface area contributed by atoms with Crippen molar-refractivity contribution in [3.63, 3.8) is 0 Å². The molecule has 1 fully saturated rings. The summed E-state index contributed by atoms with van der Waals surface area (Å²) < 4.78 is 0. The van der Waals surface area contributed by atoms with Crippen molar-refractivity contribution in [1.82, 2.24) is 9.80 Å². The predicted molar refractivity (Wildman–Crippen MR) is 99.6 cm³/mol. The lowest BCUT2D eigenvalue weighted by molar-refractivity contribution is -0.136. The minimum Gasteiger partial charge on any atom is -0.340 e. The maximum absolute atomic E-state index is 12.2. The Balaban J connectivity index is 1.40. The average Bonchev–Trinajstić information content (AvgIpc) is 3.07. The van der Waals surface area contributed by atoms with Gasteiger partial charge in [-0.3, -0.25) is 14.5 Å². The summed E-state index contributed by atoms with van der Waals surface area (Å²) in [7, 11) is 0. The molecule has 3 rings (SSSR count). The molecule has 0 bridgehead atoms. The number of anilines is 1. The molecule has 0 aromatic heterocycles. The van der Waals surface area contributed by atoms with Crippen LogP contribution in [0.15, 0.2) is 18.2 Å². The fraction of sp³-hybridized carbons (Fsp3) is 0.600. The number of nitrogens with zero attached hydrogens (tertiary/aromatic N) is 2. The number of piperazine rings is 1. The molecule has 0 atom stereocenters. The van der Waals surface area contributed by atoms with E-state index >= 15 is 0 Å². The maximum atomic E-state index is 12.2. The number of fused-ring (bicyclic) bond motifs is 1. The Morgan fingerprint density at radius 2 is 1.80 bits per heavy atom. The van der Waals surface area contributed by atoms with Crippen molar-refractivity contribution in [2.45, 2.75) is 39.5 Å². The van der Waals surface area contributed by atoms with E-state index in [0.29, 0.717) is 6.42 Å². The molecule has 1 aliphatic heterocycles. The average molecular weight is 343 g/mol. The van der Waals surface area contributed by atoms with Crippen molar-refractivity contribution in [3.8, 4) is 0 Å². The minimum absolute atomic E-state index is 0.0599. The summed E-state index contributed by atoms with van der Waals surface area (Å²) in [4.78, 5) is 28.4. The van der Waals surface area contributed by atoms with E-state index in [1.807, 2.05) is 24.8 Å². The Morgan fingerprint density at radius 1 is 1.08 bits per heavy atom. The lowest BCUT2D eigenvalue weighted by Crippen LogP contribution is -2.50. The van der Waals surface area contributed by atoms with Crippen LogP contribution in [0.25, 0.3) is 0 Å². The zero-order valence-corrected chi connectivity index (χ0v) is 15.4. The lowest BCUT2D eigenvalue weighted by atomic mass is 10.1. The highest BCUT2D eigenvalue weighted by Gasteiger charge is 2.23. The van der Waals surface area contributed by atoms with Crippen molar-refractivity contribution < 1.29 is 9.59 Å². The normalized spacial score (nSPS) is 17.6. The van der Waals surface area contributed by atoms with Crippen LogP contribution in [0.5, 0.6) is 0 Å². The highest BCUT2D eigenvalue weighted by atomic mass is 16.2. The first-order chi connectivity index (χ1) is 12.0. The summed E-state index contributed by atoms with van der Waals surface area (Å²) in [5.74, 6) is 0.359. The highest BCUT2D eigenvalue weighted by Crippen LogP contribution is 2.24. The first kappa shape index (κ1) is 17.9. The molecule has 2 aliphatic rings. The van der Waals surface area contributed by atoms with E-state index in [4.69, 9.17) is 0 Å². The van der Waals surface area contributed by atoms with Gasteiger partial charge in [0, 0.05) is 50.7 Å². The van der Waals surface area contributed by atoms with Gasteiger partial charge in [-0.1, -0.05) is 19.9 Å². The molecular formula is C20H29N3O2. The van der Waals surface area contributed by atoms with Gasteiger partial charge < -0.3 is 10.2 Å². The van der Waals surface area contributed by atoms with Gasteiger partial charge in [0.25, 0.3) is 0 Å². The van der Waals surface area contributed by atoms with Crippen molar-refractivity contribution in [1.29, 1.82) is 0 Å². The molecule has 0 saturated carbocycles. The number of carbonyl (C=O) groups is 2. The minimum atomic E-state index is 0.0599. The summed E-state index contributed by atoms with van der Waals surface area (Å²) in [5.41, 5.74) is 3.72. The van der Waals surface area contributed by atoms with E-state index in [0.717, 1.165) is 51.3 Å². The Labute approximate surface area is 150 Å². The highest BCUT2D eigenvalue weighted by molar-refractivity contribution is 5.91. The van der Waals surface area contributed by atoms with Gasteiger partial charge in [-0.2, -0.15) is 0 Å². The van der Waals surface area contributed by atoms with E-state index in [1.54, 1.807) is 0 Å². The van der Waals surface area contributed by atoms with Crippen LogP contribution in [-0.4, -0.2) is 54.3 Å². The molecule has 25 heavy (non-hydrogen) atoms. The number of amides is 2. The second kappa shape index (κ2) is 8.00. The molecule has 1 aromatic carbocycles. The standard InChI is InChI=1S/C20H29N3O2/c1-15(2)20(25)23-12-10-22(11-13-23)9-8-19(24)21-18-7-6-16-4-3-5-17(16)14-18/h6-7,14-15H,3-5,8-13H2,1-2H3,(H,21,24). The second-order valence-corrected chi connectivity index (χ2v) is 7.46. The van der Waals surface area contributed by atoms with Crippen LogP contribution < -0.4 is 5.32 Å². The van der Waals surface area contributed by atoms with Gasteiger partial charge in [0.2, 0.25) is 11.8 Å². The number of rotatable bonds is 5. The third-order valence-electron chi connectivity index (χ3n) is 5.22. The summed E-state index contributed by atoms with van der Waals surface area (Å²) >= 11 is 0. The zero-order chi connectivity index (χ0) is 17.8. The number of carbonyl (C=O) groups excluding carboxylic acids is 2. The third kappa shape index (κ3) is 4.60. The number of aryl methyl sites for hydroxylation is 2. The maximum Gasteiger partial charge on any atom is 0.225 e. The summed E-state index contributed by atoms with van der Waals surface area (Å²) in [6.45, 7) is 7.87. The molecular weight excluding hydrogens is 314 g/mol. The van der Waals surface area contributed by atoms with Crippen molar-refractivity contribution in [2.75, 3.05) is 38.0 Å². The number of benzene rings is 1. The third-order valence-corrected chi connectivity index (χ3v) is 5.22. The molecule has 1 heterocycles. The largest absolute Gasteiger partial charge is 0.340 e. The molecule has 0 unspecified atom stereocenters. The Hall–Kier alpha value is -1.88. The molecule has 5 heteroatoms. The number of hydrogen-bond acceptors (Lipinski definition) is 3. The van der Waals surface area contributed by atoms with E-state index in [1.165, 1.54) is 17.5 Å². The molecule has 1 aliphatic carbocycles. The van der Waals surface area contributed by atoms with E-state index in [2.05, 4.69) is 22.3 Å². The van der Waals surface area contributed by atoms with Crippen molar-refractivity contribution >= 4 is 17.5 Å². The molecule has 0 radical (unpaired) electrons. The van der Waals surface area contributed by atoms with E-state index in [-0.39, 0.29) is 17.7 Å². The van der Waals surface area contributed by atoms with Gasteiger partial charge in [-0.25, -0.2) is 0 Å². The van der Waals surface area contributed by atoms with Gasteiger partial charge in [-0.15, -0.1) is 0 Å². The topological polar surface area (TPSA) is 52.7 Å². The van der Waals surface area contributed by atoms with Gasteiger partial charge >= 0.3 is 0 Å². The van der Waals surface area contributed by atoms with Gasteiger partial charge in [0.1, 0.15) is 0 Å². The second-order valence-electron chi connectivity index (χ2n) is 7.46. The summed E-state index contributed by atoms with van der Waals surface area (Å²) in [6, 6.07) is 6.28. The Kier molecular flexibility index (Phi) is 5.74. The molecule has 2 amide bonds. The van der Waals surface area contributed by atoms with Crippen LogP contribution in [0.1, 0.15) is 37.8 Å². The zero-order valence-electron chi connectivity index (χ0n) is 15.4. The smallest absolute Gasteiger partial charge is 0.225 e. The molecule has 1 N–H and O–H groups in total. The molecule has 136 valence electrons. The van der Waals surface area contributed by atoms with Gasteiger partial charge in [-0.05, 0) is 42.5 Å². The summed E-state index contributed by atoms with van der Waals surface area (Å²) in [6.07, 6.45) is 4.00. The van der Waals surface area contributed by atoms with E-state index < -0.39 is 0 Å². The number of hydrogen-bond donors (Lipinski definition) is 1. The quantitative estimate of drug-likeness (QED) is 0.892. The first-order valence-corrected chi connectivity index (χ1v) is 9.46. The fourth-order valence-electron chi connectivity index (χ4n) is 3.69. The predicted octanol–water partition coefficient (Wildman–Crippen LogP) is 2.30. The van der Waals surface area contributed by atoms with Crippen molar-refractivity contribution in [2.24, 2.45) is 5.92 Å². The molecule has 5 nitrogen and oxygen atoms in total.